The molecule has 1 atom stereocenters. The van der Waals surface area contributed by atoms with Crippen molar-refractivity contribution in [3.63, 3.8) is 0 Å². The minimum absolute atomic E-state index is 0.324. The maximum absolute atomic E-state index is 12.4. The van der Waals surface area contributed by atoms with E-state index in [0.29, 0.717) is 24.0 Å². The third kappa shape index (κ3) is 3.17. The lowest BCUT2D eigenvalue weighted by molar-refractivity contribution is -0.145. The van der Waals surface area contributed by atoms with E-state index >= 15 is 0 Å². The number of carboxylic acids is 1. The predicted molar refractivity (Wildman–Crippen MR) is 84.6 cm³/mol. The molecule has 0 radical (unpaired) electrons. The molecule has 4 nitrogen and oxygen atoms in total. The van der Waals surface area contributed by atoms with Gasteiger partial charge in [0.2, 0.25) is 0 Å². The van der Waals surface area contributed by atoms with Crippen LogP contribution in [0.25, 0.3) is 0 Å². The predicted octanol–water partition coefficient (Wildman–Crippen LogP) is 3.20. The minimum Gasteiger partial charge on any atom is -0.479 e. The highest BCUT2D eigenvalue weighted by Gasteiger charge is 2.41. The summed E-state index contributed by atoms with van der Waals surface area (Å²) in [6.45, 7) is 1.90. The fourth-order valence-electron chi connectivity index (χ4n) is 2.52. The monoisotopic (exact) mass is 297 g/mol. The van der Waals surface area contributed by atoms with Crippen LogP contribution in [0.1, 0.15) is 35.7 Å². The average molecular weight is 297 g/mol. The number of rotatable bonds is 6. The highest BCUT2D eigenvalue weighted by molar-refractivity contribution is 5.98. The zero-order chi connectivity index (χ0) is 16.0. The van der Waals surface area contributed by atoms with E-state index in [2.05, 4.69) is 5.32 Å². The van der Waals surface area contributed by atoms with Gasteiger partial charge in [0.1, 0.15) is 0 Å². The molecule has 2 aromatic rings. The summed E-state index contributed by atoms with van der Waals surface area (Å²) in [6, 6.07) is 17.5. The molecule has 0 aliphatic carbocycles. The van der Waals surface area contributed by atoms with E-state index in [0.717, 1.165) is 0 Å². The van der Waals surface area contributed by atoms with E-state index < -0.39 is 11.5 Å². The van der Waals surface area contributed by atoms with Gasteiger partial charge in [-0.25, -0.2) is 4.79 Å². The van der Waals surface area contributed by atoms with Gasteiger partial charge in [-0.3, -0.25) is 4.79 Å². The third-order valence-corrected chi connectivity index (χ3v) is 3.62. The zero-order valence-corrected chi connectivity index (χ0v) is 12.5. The van der Waals surface area contributed by atoms with Crippen LogP contribution in [0, 0.1) is 0 Å². The fourth-order valence-corrected chi connectivity index (χ4v) is 2.52. The molecule has 0 fully saturated rings. The molecular formula is C18H19NO3. The van der Waals surface area contributed by atoms with E-state index in [1.54, 1.807) is 48.5 Å². The maximum Gasteiger partial charge on any atom is 0.334 e. The Bertz CT molecular complexity index is 640. The molecule has 0 spiro atoms. The topological polar surface area (TPSA) is 66.4 Å². The van der Waals surface area contributed by atoms with Crippen LogP contribution in [0.3, 0.4) is 0 Å². The summed E-state index contributed by atoms with van der Waals surface area (Å²) < 4.78 is 0. The first-order valence-electron chi connectivity index (χ1n) is 7.26. The van der Waals surface area contributed by atoms with Crippen molar-refractivity contribution in [3.8, 4) is 0 Å². The molecule has 0 saturated heterocycles. The largest absolute Gasteiger partial charge is 0.479 e. The van der Waals surface area contributed by atoms with Crippen LogP contribution in [0.15, 0.2) is 60.7 Å². The first-order chi connectivity index (χ1) is 10.6. The number of carboxylic acid groups (broad SMARTS) is 1. The fraction of sp³-hybridized carbons (Fsp3) is 0.222. The van der Waals surface area contributed by atoms with Crippen molar-refractivity contribution in [3.05, 3.63) is 71.8 Å². The molecule has 4 heteroatoms. The molecule has 22 heavy (non-hydrogen) atoms. The van der Waals surface area contributed by atoms with Gasteiger partial charge in [0.15, 0.2) is 5.54 Å². The highest BCUT2D eigenvalue weighted by atomic mass is 16.4. The zero-order valence-electron chi connectivity index (χ0n) is 12.5. The second-order valence-electron chi connectivity index (χ2n) is 5.15. The quantitative estimate of drug-likeness (QED) is 0.860. The van der Waals surface area contributed by atoms with Crippen molar-refractivity contribution >= 4 is 11.9 Å². The Hall–Kier alpha value is -2.62. The summed E-state index contributed by atoms with van der Waals surface area (Å²) in [6.07, 6.45) is 0.960. The number of amides is 1. The lowest BCUT2D eigenvalue weighted by Crippen LogP contribution is -2.51. The van der Waals surface area contributed by atoms with Gasteiger partial charge in [0, 0.05) is 5.56 Å². The van der Waals surface area contributed by atoms with Crippen LogP contribution < -0.4 is 5.32 Å². The summed E-state index contributed by atoms with van der Waals surface area (Å²) >= 11 is 0. The van der Waals surface area contributed by atoms with Crippen molar-refractivity contribution in [2.75, 3.05) is 0 Å². The third-order valence-electron chi connectivity index (χ3n) is 3.62. The number of hydrogen-bond donors (Lipinski definition) is 2. The molecule has 2 rings (SSSR count). The van der Waals surface area contributed by atoms with Crippen molar-refractivity contribution in [1.29, 1.82) is 0 Å². The van der Waals surface area contributed by atoms with Crippen molar-refractivity contribution < 1.29 is 14.7 Å². The Balaban J connectivity index is 2.41. The van der Waals surface area contributed by atoms with Crippen molar-refractivity contribution in [2.24, 2.45) is 0 Å². The van der Waals surface area contributed by atoms with Gasteiger partial charge in [0.25, 0.3) is 5.91 Å². The van der Waals surface area contributed by atoms with E-state index in [1.165, 1.54) is 0 Å². The van der Waals surface area contributed by atoms with Gasteiger partial charge < -0.3 is 10.4 Å². The summed E-state index contributed by atoms with van der Waals surface area (Å²) in [5.41, 5.74) is -0.392. The summed E-state index contributed by atoms with van der Waals surface area (Å²) in [5.74, 6) is -1.44. The molecule has 0 aliphatic rings. The van der Waals surface area contributed by atoms with Crippen molar-refractivity contribution in [2.45, 2.75) is 25.3 Å². The first kappa shape index (κ1) is 15.8. The van der Waals surface area contributed by atoms with Gasteiger partial charge in [-0.2, -0.15) is 0 Å². The SMILES string of the molecule is CCCC(NC(=O)c1ccccc1)(C(=O)O)c1ccccc1. The Labute approximate surface area is 129 Å². The number of aliphatic carboxylic acids is 1. The van der Waals surface area contributed by atoms with E-state index in [9.17, 15) is 14.7 Å². The molecule has 114 valence electrons. The number of hydrogen-bond acceptors (Lipinski definition) is 2. The molecule has 0 aromatic heterocycles. The summed E-state index contributed by atoms with van der Waals surface area (Å²) in [4.78, 5) is 24.4. The lowest BCUT2D eigenvalue weighted by Gasteiger charge is -2.31. The molecule has 0 saturated carbocycles. The summed E-state index contributed by atoms with van der Waals surface area (Å²) in [5, 5.41) is 12.5. The molecule has 1 unspecified atom stereocenters. The number of benzene rings is 2. The molecule has 1 amide bonds. The second kappa shape index (κ2) is 6.89. The number of nitrogens with one attached hydrogen (secondary N) is 1. The van der Waals surface area contributed by atoms with Crippen molar-refractivity contribution in [1.82, 2.24) is 5.32 Å². The minimum atomic E-state index is -1.41. The van der Waals surface area contributed by atoms with Gasteiger partial charge >= 0.3 is 5.97 Å². The van der Waals surface area contributed by atoms with Crippen LogP contribution in [-0.4, -0.2) is 17.0 Å². The van der Waals surface area contributed by atoms with Gasteiger partial charge in [-0.15, -0.1) is 0 Å². The Kier molecular flexibility index (Phi) is 4.94. The van der Waals surface area contributed by atoms with Crippen LogP contribution in [-0.2, 0) is 10.3 Å². The summed E-state index contributed by atoms with van der Waals surface area (Å²) in [7, 11) is 0. The highest BCUT2D eigenvalue weighted by Crippen LogP contribution is 2.27. The normalized spacial score (nSPS) is 13.1. The Morgan fingerprint density at radius 1 is 1.00 bits per heavy atom. The Morgan fingerprint density at radius 3 is 2.05 bits per heavy atom. The lowest BCUT2D eigenvalue weighted by atomic mass is 9.85. The maximum atomic E-state index is 12.4. The second-order valence-corrected chi connectivity index (χ2v) is 5.15. The van der Waals surface area contributed by atoms with Crippen LogP contribution in [0.2, 0.25) is 0 Å². The van der Waals surface area contributed by atoms with Crippen LogP contribution in [0.4, 0.5) is 0 Å². The smallest absolute Gasteiger partial charge is 0.334 e. The number of carbonyl (C=O) groups is 2. The molecule has 0 heterocycles. The first-order valence-corrected chi connectivity index (χ1v) is 7.26. The molecule has 0 bridgehead atoms. The molecule has 0 aliphatic heterocycles. The van der Waals surface area contributed by atoms with Gasteiger partial charge in [-0.05, 0) is 24.1 Å². The standard InChI is InChI=1S/C18H19NO3/c1-2-13-18(17(21)22,15-11-7-4-8-12-15)19-16(20)14-9-5-3-6-10-14/h3-12H,2,13H2,1H3,(H,19,20)(H,21,22). The molecule has 2 aromatic carbocycles. The van der Waals surface area contributed by atoms with Gasteiger partial charge in [-0.1, -0.05) is 61.9 Å². The molecule has 2 N–H and O–H groups in total. The average Bonchev–Trinajstić information content (AvgIpc) is 2.55. The van der Waals surface area contributed by atoms with E-state index in [1.807, 2.05) is 19.1 Å². The Morgan fingerprint density at radius 2 is 1.55 bits per heavy atom. The number of carbonyl (C=O) groups excluding carboxylic acids is 1. The van der Waals surface area contributed by atoms with Gasteiger partial charge in [0.05, 0.1) is 0 Å². The van der Waals surface area contributed by atoms with Crippen LogP contribution >= 0.6 is 0 Å². The van der Waals surface area contributed by atoms with E-state index in [-0.39, 0.29) is 5.91 Å². The molecular weight excluding hydrogens is 278 g/mol. The van der Waals surface area contributed by atoms with Crippen LogP contribution in [0.5, 0.6) is 0 Å². The van der Waals surface area contributed by atoms with E-state index in [4.69, 9.17) is 0 Å².